The van der Waals surface area contributed by atoms with Crippen LogP contribution in [0.3, 0.4) is 0 Å². The highest BCUT2D eigenvalue weighted by molar-refractivity contribution is 5.79. The molecule has 1 saturated heterocycles. The Hall–Kier alpha value is -2.53. The molecule has 1 aliphatic rings. The van der Waals surface area contributed by atoms with Gasteiger partial charge in [-0.15, -0.1) is 0 Å². The number of guanidine groups is 1. The van der Waals surface area contributed by atoms with Gasteiger partial charge in [-0.1, -0.05) is 42.5 Å². The number of hydrogen-bond acceptors (Lipinski definition) is 3. The van der Waals surface area contributed by atoms with E-state index in [0.29, 0.717) is 19.1 Å². The van der Waals surface area contributed by atoms with Crippen molar-refractivity contribution in [3.8, 4) is 5.75 Å². The Morgan fingerprint density at radius 3 is 2.75 bits per heavy atom. The van der Waals surface area contributed by atoms with Gasteiger partial charge in [-0.25, -0.2) is 0 Å². The minimum absolute atomic E-state index is 0.147. The second kappa shape index (κ2) is 10.1. The summed E-state index contributed by atoms with van der Waals surface area (Å²) in [4.78, 5) is 4.37. The van der Waals surface area contributed by atoms with Gasteiger partial charge in [0.05, 0.1) is 12.7 Å². The van der Waals surface area contributed by atoms with Gasteiger partial charge >= 0.3 is 0 Å². The minimum Gasteiger partial charge on any atom is -0.494 e. The normalized spacial score (nSPS) is 19.5. The summed E-state index contributed by atoms with van der Waals surface area (Å²) in [5.41, 5.74) is 3.57. The van der Waals surface area contributed by atoms with Crippen molar-refractivity contribution in [3.63, 3.8) is 0 Å². The average molecular weight is 382 g/mol. The molecule has 3 rings (SSSR count). The first-order chi connectivity index (χ1) is 13.7. The second-order valence-corrected chi connectivity index (χ2v) is 7.10. The lowest BCUT2D eigenvalue weighted by atomic mass is 9.95. The Bertz CT molecular complexity index is 777. The number of nitrogens with zero attached hydrogens (tertiary/aromatic N) is 1. The van der Waals surface area contributed by atoms with Crippen LogP contribution in [0.5, 0.6) is 5.75 Å². The number of aryl methyl sites for hydroxylation is 1. The van der Waals surface area contributed by atoms with Crippen molar-refractivity contribution in [2.75, 3.05) is 26.8 Å². The predicted molar refractivity (Wildman–Crippen MR) is 114 cm³/mol. The highest BCUT2D eigenvalue weighted by atomic mass is 16.5. The Labute approximate surface area is 168 Å². The Kier molecular flexibility index (Phi) is 7.31. The van der Waals surface area contributed by atoms with Gasteiger partial charge in [0, 0.05) is 38.2 Å². The summed E-state index contributed by atoms with van der Waals surface area (Å²) >= 11 is 0. The summed E-state index contributed by atoms with van der Waals surface area (Å²) in [5, 5.41) is 6.86. The summed E-state index contributed by atoms with van der Waals surface area (Å²) in [6.45, 7) is 7.04. The summed E-state index contributed by atoms with van der Waals surface area (Å²) in [6.07, 6.45) is 1.20. The van der Waals surface area contributed by atoms with Crippen molar-refractivity contribution >= 4 is 5.96 Å². The van der Waals surface area contributed by atoms with Gasteiger partial charge in [0.2, 0.25) is 0 Å². The molecule has 150 valence electrons. The molecule has 1 aliphatic heterocycles. The average Bonchev–Trinajstić information content (AvgIpc) is 3.19. The number of aliphatic imine (C=N–C) groups is 1. The van der Waals surface area contributed by atoms with E-state index in [0.717, 1.165) is 36.8 Å². The third kappa shape index (κ3) is 5.26. The Morgan fingerprint density at radius 2 is 2.00 bits per heavy atom. The summed E-state index contributed by atoms with van der Waals surface area (Å²) in [6, 6.07) is 16.8. The zero-order chi connectivity index (χ0) is 19.8. The molecule has 0 radical (unpaired) electrons. The maximum Gasteiger partial charge on any atom is 0.191 e. The molecule has 2 N–H and O–H groups in total. The van der Waals surface area contributed by atoms with Crippen LogP contribution >= 0.6 is 0 Å². The predicted octanol–water partition coefficient (Wildman–Crippen LogP) is 3.84. The van der Waals surface area contributed by atoms with Crippen LogP contribution in [0.2, 0.25) is 0 Å². The second-order valence-electron chi connectivity index (χ2n) is 7.10. The van der Waals surface area contributed by atoms with Crippen molar-refractivity contribution in [3.05, 3.63) is 65.2 Å². The van der Waals surface area contributed by atoms with Gasteiger partial charge < -0.3 is 20.1 Å². The molecule has 0 amide bonds. The first-order valence-corrected chi connectivity index (χ1v) is 10.0. The number of hydrogen-bond donors (Lipinski definition) is 2. The van der Waals surface area contributed by atoms with Crippen LogP contribution in [-0.4, -0.2) is 32.8 Å². The van der Waals surface area contributed by atoms with Crippen LogP contribution < -0.4 is 15.4 Å². The molecule has 1 heterocycles. The van der Waals surface area contributed by atoms with Crippen LogP contribution in [0.1, 0.15) is 36.1 Å². The molecular formula is C23H31N3O2. The molecule has 0 spiro atoms. The van der Waals surface area contributed by atoms with E-state index in [1.54, 1.807) is 7.05 Å². The van der Waals surface area contributed by atoms with Crippen molar-refractivity contribution in [2.45, 2.75) is 32.9 Å². The van der Waals surface area contributed by atoms with Crippen molar-refractivity contribution < 1.29 is 9.47 Å². The lowest BCUT2D eigenvalue weighted by Gasteiger charge is -2.21. The van der Waals surface area contributed by atoms with Gasteiger partial charge in [-0.3, -0.25) is 4.99 Å². The molecule has 2 unspecified atom stereocenters. The van der Waals surface area contributed by atoms with Crippen LogP contribution in [0.4, 0.5) is 0 Å². The lowest BCUT2D eigenvalue weighted by Crippen LogP contribution is -2.40. The Morgan fingerprint density at radius 1 is 1.18 bits per heavy atom. The number of rotatable bonds is 7. The molecule has 0 aliphatic carbocycles. The molecule has 5 nitrogen and oxygen atoms in total. The van der Waals surface area contributed by atoms with E-state index in [1.165, 1.54) is 11.1 Å². The first kappa shape index (κ1) is 20.2. The van der Waals surface area contributed by atoms with Gasteiger partial charge in [0.25, 0.3) is 0 Å². The van der Waals surface area contributed by atoms with E-state index in [9.17, 15) is 0 Å². The number of ether oxygens (including phenoxy) is 2. The summed E-state index contributed by atoms with van der Waals surface area (Å²) < 4.78 is 11.8. The van der Waals surface area contributed by atoms with E-state index in [4.69, 9.17) is 9.47 Å². The van der Waals surface area contributed by atoms with E-state index in [1.807, 2.05) is 13.0 Å². The summed E-state index contributed by atoms with van der Waals surface area (Å²) in [7, 11) is 1.80. The lowest BCUT2D eigenvalue weighted by molar-refractivity contribution is 0.0915. The zero-order valence-electron chi connectivity index (χ0n) is 17.1. The van der Waals surface area contributed by atoms with E-state index >= 15 is 0 Å². The summed E-state index contributed by atoms with van der Waals surface area (Å²) in [5.74, 6) is 2.15. The fourth-order valence-electron chi connectivity index (χ4n) is 3.58. The SMILES string of the molecule is CCOc1cc(C)ccc1CNC(=NC)NCC1CCOC1c1ccccc1. The van der Waals surface area contributed by atoms with Crippen LogP contribution in [0.25, 0.3) is 0 Å². The topological polar surface area (TPSA) is 54.9 Å². The third-order valence-corrected chi connectivity index (χ3v) is 5.07. The largest absolute Gasteiger partial charge is 0.494 e. The van der Waals surface area contributed by atoms with E-state index in [2.05, 4.69) is 65.0 Å². The zero-order valence-corrected chi connectivity index (χ0v) is 17.1. The molecule has 0 bridgehead atoms. The van der Waals surface area contributed by atoms with Crippen LogP contribution in [-0.2, 0) is 11.3 Å². The highest BCUT2D eigenvalue weighted by Gasteiger charge is 2.29. The molecule has 0 aromatic heterocycles. The third-order valence-electron chi connectivity index (χ3n) is 5.07. The fraction of sp³-hybridized carbons (Fsp3) is 0.435. The van der Waals surface area contributed by atoms with Crippen LogP contribution in [0, 0.1) is 12.8 Å². The first-order valence-electron chi connectivity index (χ1n) is 10.0. The number of benzene rings is 2. The smallest absolute Gasteiger partial charge is 0.191 e. The maximum absolute atomic E-state index is 5.98. The standard InChI is InChI=1S/C23H31N3O2/c1-4-27-21-14-17(2)10-11-19(21)15-25-23(24-3)26-16-20-12-13-28-22(20)18-8-6-5-7-9-18/h5-11,14,20,22H,4,12-13,15-16H2,1-3H3,(H2,24,25,26). The molecule has 2 aromatic rings. The molecule has 2 atom stereocenters. The quantitative estimate of drug-likeness (QED) is 0.565. The van der Waals surface area contributed by atoms with Crippen molar-refractivity contribution in [1.82, 2.24) is 10.6 Å². The highest BCUT2D eigenvalue weighted by Crippen LogP contribution is 2.33. The molecule has 2 aromatic carbocycles. The molecule has 0 saturated carbocycles. The van der Waals surface area contributed by atoms with Gasteiger partial charge in [-0.05, 0) is 37.5 Å². The van der Waals surface area contributed by atoms with Gasteiger partial charge in [0.1, 0.15) is 5.75 Å². The minimum atomic E-state index is 0.147. The number of nitrogens with one attached hydrogen (secondary N) is 2. The van der Waals surface area contributed by atoms with Crippen LogP contribution in [0.15, 0.2) is 53.5 Å². The van der Waals surface area contributed by atoms with Crippen molar-refractivity contribution in [1.29, 1.82) is 0 Å². The molecule has 1 fully saturated rings. The molecular weight excluding hydrogens is 350 g/mol. The Balaban J connectivity index is 1.55. The molecule has 28 heavy (non-hydrogen) atoms. The van der Waals surface area contributed by atoms with Gasteiger partial charge in [-0.2, -0.15) is 0 Å². The monoisotopic (exact) mass is 381 g/mol. The maximum atomic E-state index is 5.98. The van der Waals surface area contributed by atoms with Gasteiger partial charge in [0.15, 0.2) is 5.96 Å². The van der Waals surface area contributed by atoms with Crippen molar-refractivity contribution in [2.24, 2.45) is 10.9 Å². The van der Waals surface area contributed by atoms with E-state index in [-0.39, 0.29) is 6.10 Å². The fourth-order valence-corrected chi connectivity index (χ4v) is 3.58. The molecule has 5 heteroatoms. The van der Waals surface area contributed by atoms with E-state index < -0.39 is 0 Å².